The molecule has 0 saturated carbocycles. The van der Waals surface area contributed by atoms with E-state index in [4.69, 9.17) is 19.1 Å². The van der Waals surface area contributed by atoms with E-state index in [2.05, 4.69) is 158 Å². The largest absolute Gasteiger partial charge is 0.456 e. The van der Waals surface area contributed by atoms with E-state index in [-0.39, 0.29) is 11.8 Å². The molecule has 2 aromatic heterocycles. The maximum absolute atomic E-state index is 6.96. The maximum atomic E-state index is 6.96. The molecule has 3 unspecified atom stereocenters. The van der Waals surface area contributed by atoms with Gasteiger partial charge in [0, 0.05) is 56.0 Å². The van der Waals surface area contributed by atoms with Crippen LogP contribution in [0, 0.1) is 5.92 Å². The van der Waals surface area contributed by atoms with Crippen LogP contribution < -0.4 is 4.74 Å². The smallest absolute Gasteiger partial charge is 0.160 e. The van der Waals surface area contributed by atoms with Crippen molar-refractivity contribution in [1.82, 2.24) is 9.97 Å². The average Bonchev–Trinajstić information content (AvgIpc) is 3.80. The van der Waals surface area contributed by atoms with Gasteiger partial charge in [-0.1, -0.05) is 164 Å². The molecule has 57 heavy (non-hydrogen) atoms. The SMILES string of the molecule is C1=CC2c3ccccc3C3(c4ccccc4Oc4c(-c5ccc(-c6nc(-c7ccccc7)cc(-c7ccc8c(c7)oc7ccccc78)n6)cc5)cccc43)C2C=C1. The first-order valence-corrected chi connectivity index (χ1v) is 19.6. The van der Waals surface area contributed by atoms with E-state index in [1.807, 2.05) is 36.4 Å². The number of nitrogens with zero attached hydrogens (tertiary/aromatic N) is 2. The Balaban J connectivity index is 0.983. The van der Waals surface area contributed by atoms with Gasteiger partial charge in [0.05, 0.1) is 16.8 Å². The second-order valence-corrected chi connectivity index (χ2v) is 15.2. The van der Waals surface area contributed by atoms with Crippen LogP contribution in [0.2, 0.25) is 0 Å². The molecule has 4 heteroatoms. The van der Waals surface area contributed by atoms with Crippen molar-refractivity contribution in [3.05, 3.63) is 216 Å². The van der Waals surface area contributed by atoms with Crippen molar-refractivity contribution in [2.45, 2.75) is 11.3 Å². The molecule has 268 valence electrons. The van der Waals surface area contributed by atoms with Gasteiger partial charge in [-0.05, 0) is 47.0 Å². The van der Waals surface area contributed by atoms with Crippen molar-refractivity contribution in [2.75, 3.05) is 0 Å². The molecule has 2 aliphatic carbocycles. The number of benzene rings is 7. The van der Waals surface area contributed by atoms with Gasteiger partial charge in [0.15, 0.2) is 5.82 Å². The standard InChI is InChI=1S/C53H34N2O2/c1-2-13-34(14-3-1)46-32-47(36-29-30-41-40-17-6-10-23-48(40)56-50(41)31-36)55-52(54-46)35-27-25-33(26-28-35)37-18-12-22-45-51(37)57-49-24-11-9-21-44(49)53(45)42-19-7-4-15-38(42)39-16-5-8-20-43(39)53/h1-32,38,42H. The van der Waals surface area contributed by atoms with Crippen LogP contribution in [0.1, 0.15) is 28.2 Å². The summed E-state index contributed by atoms with van der Waals surface area (Å²) in [5.74, 6) is 2.98. The van der Waals surface area contributed by atoms with Crippen molar-refractivity contribution < 1.29 is 9.15 Å². The lowest BCUT2D eigenvalue weighted by Crippen LogP contribution is -2.37. The highest BCUT2D eigenvalue weighted by Gasteiger charge is 2.56. The van der Waals surface area contributed by atoms with Gasteiger partial charge in [-0.3, -0.25) is 0 Å². The molecule has 0 fully saturated rings. The Hall–Kier alpha value is -7.30. The summed E-state index contributed by atoms with van der Waals surface area (Å²) in [4.78, 5) is 10.3. The summed E-state index contributed by atoms with van der Waals surface area (Å²) in [5.41, 5.74) is 13.2. The summed E-state index contributed by atoms with van der Waals surface area (Å²) < 4.78 is 13.2. The van der Waals surface area contributed by atoms with Crippen LogP contribution in [0.4, 0.5) is 0 Å². The fraction of sp³-hybridized carbons (Fsp3) is 0.0566. The first kappa shape index (κ1) is 32.0. The lowest BCUT2D eigenvalue weighted by molar-refractivity contribution is 0.375. The molecule has 0 N–H and O–H groups in total. The predicted molar refractivity (Wildman–Crippen MR) is 228 cm³/mol. The quantitative estimate of drug-likeness (QED) is 0.181. The molecule has 3 heterocycles. The molecule has 0 saturated heterocycles. The molecule has 1 aliphatic heterocycles. The Labute approximate surface area is 330 Å². The minimum absolute atomic E-state index is 0.220. The predicted octanol–water partition coefficient (Wildman–Crippen LogP) is 13.3. The van der Waals surface area contributed by atoms with Crippen LogP contribution in [0.25, 0.3) is 67.0 Å². The van der Waals surface area contributed by atoms with Gasteiger partial charge in [-0.15, -0.1) is 0 Å². The molecule has 0 bridgehead atoms. The second kappa shape index (κ2) is 12.4. The van der Waals surface area contributed by atoms with Gasteiger partial charge in [0.25, 0.3) is 0 Å². The highest BCUT2D eigenvalue weighted by molar-refractivity contribution is 6.05. The van der Waals surface area contributed by atoms with Gasteiger partial charge in [0.1, 0.15) is 22.7 Å². The van der Waals surface area contributed by atoms with Crippen molar-refractivity contribution in [3.8, 4) is 56.5 Å². The Morgan fingerprint density at radius 1 is 0.474 bits per heavy atom. The van der Waals surface area contributed by atoms with Gasteiger partial charge in [-0.25, -0.2) is 9.97 Å². The Kier molecular flexibility index (Phi) is 6.93. The zero-order chi connectivity index (χ0) is 37.5. The van der Waals surface area contributed by atoms with Crippen LogP contribution in [0.3, 0.4) is 0 Å². The van der Waals surface area contributed by atoms with Crippen LogP contribution in [0.15, 0.2) is 199 Å². The van der Waals surface area contributed by atoms with E-state index >= 15 is 0 Å². The number of rotatable bonds is 4. The lowest BCUT2D eigenvalue weighted by atomic mass is 9.61. The maximum Gasteiger partial charge on any atom is 0.160 e. The van der Waals surface area contributed by atoms with Crippen molar-refractivity contribution in [1.29, 1.82) is 0 Å². The number of hydrogen-bond acceptors (Lipinski definition) is 4. The summed E-state index contributed by atoms with van der Waals surface area (Å²) in [7, 11) is 0. The summed E-state index contributed by atoms with van der Waals surface area (Å²) in [5, 5.41) is 2.20. The van der Waals surface area contributed by atoms with E-state index in [1.165, 1.54) is 22.3 Å². The monoisotopic (exact) mass is 730 g/mol. The topological polar surface area (TPSA) is 48.2 Å². The first-order valence-electron chi connectivity index (χ1n) is 19.6. The molecule has 4 nitrogen and oxygen atoms in total. The molecule has 12 rings (SSSR count). The van der Waals surface area contributed by atoms with Crippen molar-refractivity contribution in [3.63, 3.8) is 0 Å². The normalized spacial score (nSPS) is 18.6. The van der Waals surface area contributed by atoms with Gasteiger partial charge < -0.3 is 9.15 Å². The van der Waals surface area contributed by atoms with Crippen LogP contribution >= 0.6 is 0 Å². The first-order chi connectivity index (χ1) is 28.2. The Morgan fingerprint density at radius 2 is 1.16 bits per heavy atom. The number of aromatic nitrogens is 2. The van der Waals surface area contributed by atoms with E-state index in [1.54, 1.807) is 0 Å². The van der Waals surface area contributed by atoms with Crippen LogP contribution in [0.5, 0.6) is 11.5 Å². The second-order valence-electron chi connectivity index (χ2n) is 15.2. The third-order valence-corrected chi connectivity index (χ3v) is 12.3. The van der Waals surface area contributed by atoms with Crippen molar-refractivity contribution >= 4 is 21.9 Å². The van der Waals surface area contributed by atoms with E-state index in [0.717, 1.165) is 72.6 Å². The number of ether oxygens (including phenoxy) is 1. The van der Waals surface area contributed by atoms with Crippen molar-refractivity contribution in [2.24, 2.45) is 5.92 Å². The van der Waals surface area contributed by atoms with Gasteiger partial charge in [0.2, 0.25) is 0 Å². The van der Waals surface area contributed by atoms with E-state index < -0.39 is 5.41 Å². The molecule has 3 atom stereocenters. The highest BCUT2D eigenvalue weighted by atomic mass is 16.5. The minimum Gasteiger partial charge on any atom is -0.456 e. The van der Waals surface area contributed by atoms with E-state index in [0.29, 0.717) is 5.82 Å². The van der Waals surface area contributed by atoms with Gasteiger partial charge >= 0.3 is 0 Å². The lowest BCUT2D eigenvalue weighted by Gasteiger charge is -2.43. The highest BCUT2D eigenvalue weighted by Crippen LogP contribution is 2.65. The fourth-order valence-electron chi connectivity index (χ4n) is 9.78. The average molecular weight is 731 g/mol. The summed E-state index contributed by atoms with van der Waals surface area (Å²) in [6, 6.07) is 59.8. The third-order valence-electron chi connectivity index (χ3n) is 12.3. The number of para-hydroxylation sites is 3. The van der Waals surface area contributed by atoms with Crippen LogP contribution in [-0.4, -0.2) is 9.97 Å². The summed E-state index contributed by atoms with van der Waals surface area (Å²) in [6.45, 7) is 0. The number of hydrogen-bond donors (Lipinski definition) is 0. The molecular formula is C53H34N2O2. The summed E-state index contributed by atoms with van der Waals surface area (Å²) in [6.07, 6.45) is 9.19. The zero-order valence-corrected chi connectivity index (χ0v) is 30.8. The van der Waals surface area contributed by atoms with Gasteiger partial charge in [-0.2, -0.15) is 0 Å². The molecule has 9 aromatic rings. The fourth-order valence-corrected chi connectivity index (χ4v) is 9.78. The zero-order valence-electron chi connectivity index (χ0n) is 30.8. The van der Waals surface area contributed by atoms with Crippen LogP contribution in [-0.2, 0) is 5.41 Å². The number of fused-ring (bicyclic) bond motifs is 12. The minimum atomic E-state index is -0.393. The molecule has 1 spiro atoms. The molecule has 3 aliphatic rings. The Morgan fingerprint density at radius 3 is 2.05 bits per heavy atom. The molecule has 7 aromatic carbocycles. The Bertz CT molecular complexity index is 3120. The molecule has 0 radical (unpaired) electrons. The summed E-state index contributed by atoms with van der Waals surface area (Å²) >= 11 is 0. The molecule has 0 amide bonds. The van der Waals surface area contributed by atoms with E-state index in [9.17, 15) is 0 Å². The third kappa shape index (κ3) is 4.74. The molecular weight excluding hydrogens is 697 g/mol. The number of allylic oxidation sites excluding steroid dienone is 4. The number of furan rings is 1.